The summed E-state index contributed by atoms with van der Waals surface area (Å²) in [4.78, 5) is 23.0. The lowest BCUT2D eigenvalue weighted by Crippen LogP contribution is -2.34. The maximum Gasteiger partial charge on any atom is 0.338 e. The average molecular weight is 587 g/mol. The summed E-state index contributed by atoms with van der Waals surface area (Å²) < 4.78 is 56.9. The third kappa shape index (κ3) is 5.37. The van der Waals surface area contributed by atoms with Crippen LogP contribution in [0.1, 0.15) is 45.0 Å². The van der Waals surface area contributed by atoms with Crippen molar-refractivity contribution in [3.05, 3.63) is 86.6 Å². The molecule has 0 spiro atoms. The first-order chi connectivity index (χ1) is 19.7. The number of benzene rings is 2. The fourth-order valence-electron chi connectivity index (χ4n) is 5.29. The minimum atomic E-state index is -1.34. The highest BCUT2D eigenvalue weighted by atomic mass is 35.5. The number of imidazole rings is 1. The fourth-order valence-corrected chi connectivity index (χ4v) is 5.48. The standard InChI is InChI=1S/C29H26ClF3N4O4/c1-15-8-16-4-6-36(12-24(16)35-28(15)41-14-20-21(31)9-17(30)10-22(20)32)13-25-34-23-3-2-19(29(38)39)26(33)27(23)37(25)11-18-5-7-40-18/h2-3,8-10,18H,4-7,11-14H2,1H3,(H,38,39)/t18-/m0/s1. The highest BCUT2D eigenvalue weighted by molar-refractivity contribution is 6.30. The third-order valence-corrected chi connectivity index (χ3v) is 7.78. The van der Waals surface area contributed by atoms with Gasteiger partial charge in [-0.15, -0.1) is 0 Å². The molecule has 1 fully saturated rings. The first kappa shape index (κ1) is 27.5. The van der Waals surface area contributed by atoms with Gasteiger partial charge in [0, 0.05) is 30.3 Å². The first-order valence-corrected chi connectivity index (χ1v) is 13.6. The second-order valence-electron chi connectivity index (χ2n) is 10.3. The molecule has 0 amide bonds. The van der Waals surface area contributed by atoms with Crippen LogP contribution >= 0.6 is 11.6 Å². The molecule has 4 heterocycles. The van der Waals surface area contributed by atoms with Gasteiger partial charge in [0.2, 0.25) is 5.88 Å². The lowest BCUT2D eigenvalue weighted by Gasteiger charge is -2.30. The molecule has 2 aromatic carbocycles. The molecule has 0 saturated carbocycles. The van der Waals surface area contributed by atoms with E-state index in [9.17, 15) is 18.7 Å². The van der Waals surface area contributed by atoms with Crippen molar-refractivity contribution in [3.8, 4) is 5.88 Å². The molecular weight excluding hydrogens is 561 g/mol. The van der Waals surface area contributed by atoms with E-state index in [4.69, 9.17) is 21.1 Å². The fraction of sp³-hybridized carbons (Fsp3) is 0.345. The number of aromatic nitrogens is 3. The monoisotopic (exact) mass is 586 g/mol. The number of aryl methyl sites for hydroxylation is 1. The summed E-state index contributed by atoms with van der Waals surface area (Å²) in [6.07, 6.45) is 1.43. The number of aromatic carboxylic acids is 1. The molecular formula is C29H26ClF3N4O4. The zero-order chi connectivity index (χ0) is 28.8. The molecule has 6 rings (SSSR count). The van der Waals surface area contributed by atoms with Gasteiger partial charge in [0.05, 0.1) is 41.5 Å². The molecule has 1 saturated heterocycles. The summed E-state index contributed by atoms with van der Waals surface area (Å²) in [5.74, 6) is -2.87. The highest BCUT2D eigenvalue weighted by Gasteiger charge is 2.27. The van der Waals surface area contributed by atoms with Crippen LogP contribution in [0.5, 0.6) is 5.88 Å². The molecule has 1 atom stereocenters. The molecule has 2 aliphatic rings. The van der Waals surface area contributed by atoms with Crippen molar-refractivity contribution < 1.29 is 32.5 Å². The Labute approximate surface area is 238 Å². The van der Waals surface area contributed by atoms with Crippen molar-refractivity contribution in [1.82, 2.24) is 19.4 Å². The minimum absolute atomic E-state index is 0.0364. The third-order valence-electron chi connectivity index (χ3n) is 7.57. The topological polar surface area (TPSA) is 89.7 Å². The number of hydrogen-bond acceptors (Lipinski definition) is 6. The lowest BCUT2D eigenvalue weighted by molar-refractivity contribution is -0.0592. The van der Waals surface area contributed by atoms with Crippen LogP contribution in [-0.4, -0.2) is 49.8 Å². The van der Waals surface area contributed by atoms with Crippen LogP contribution in [0.3, 0.4) is 0 Å². The van der Waals surface area contributed by atoms with E-state index >= 15 is 4.39 Å². The Morgan fingerprint density at radius 2 is 1.95 bits per heavy atom. The number of carboxylic acids is 1. The van der Waals surface area contributed by atoms with Crippen molar-refractivity contribution in [1.29, 1.82) is 0 Å². The van der Waals surface area contributed by atoms with Gasteiger partial charge in [0.1, 0.15) is 29.6 Å². The Morgan fingerprint density at radius 1 is 1.20 bits per heavy atom. The van der Waals surface area contributed by atoms with Gasteiger partial charge in [-0.2, -0.15) is 0 Å². The van der Waals surface area contributed by atoms with Gasteiger partial charge in [-0.3, -0.25) is 4.90 Å². The second kappa shape index (κ2) is 11.0. The van der Waals surface area contributed by atoms with Gasteiger partial charge in [-0.1, -0.05) is 11.6 Å². The quantitative estimate of drug-likeness (QED) is 0.294. The minimum Gasteiger partial charge on any atom is -0.478 e. The maximum atomic E-state index is 15.3. The van der Waals surface area contributed by atoms with Crippen molar-refractivity contribution in [2.24, 2.45) is 0 Å². The number of nitrogens with zero attached hydrogens (tertiary/aromatic N) is 4. The normalized spacial score (nSPS) is 17.0. The highest BCUT2D eigenvalue weighted by Crippen LogP contribution is 2.29. The van der Waals surface area contributed by atoms with Crippen LogP contribution in [-0.2, 0) is 37.4 Å². The predicted octanol–water partition coefficient (Wildman–Crippen LogP) is 5.43. The summed E-state index contributed by atoms with van der Waals surface area (Å²) >= 11 is 5.72. The number of halogens is 4. The van der Waals surface area contributed by atoms with Gasteiger partial charge >= 0.3 is 5.97 Å². The molecule has 0 unspecified atom stereocenters. The Morgan fingerprint density at radius 3 is 2.63 bits per heavy atom. The van der Waals surface area contributed by atoms with Crippen molar-refractivity contribution in [2.75, 3.05) is 13.2 Å². The second-order valence-corrected chi connectivity index (χ2v) is 10.8. The number of fused-ring (bicyclic) bond motifs is 2. The van der Waals surface area contributed by atoms with E-state index in [0.717, 1.165) is 35.4 Å². The number of carbonyl (C=O) groups is 1. The molecule has 0 bridgehead atoms. The summed E-state index contributed by atoms with van der Waals surface area (Å²) in [6, 6.07) is 6.79. The van der Waals surface area contributed by atoms with Crippen LogP contribution in [0.15, 0.2) is 30.3 Å². The van der Waals surface area contributed by atoms with Crippen molar-refractivity contribution in [3.63, 3.8) is 0 Å². The van der Waals surface area contributed by atoms with Crippen molar-refractivity contribution >= 4 is 28.6 Å². The van der Waals surface area contributed by atoms with Crippen LogP contribution in [0.4, 0.5) is 13.2 Å². The van der Waals surface area contributed by atoms with E-state index in [0.29, 0.717) is 50.5 Å². The average Bonchev–Trinajstić information content (AvgIpc) is 3.23. The molecule has 0 radical (unpaired) electrons. The number of ether oxygens (including phenoxy) is 2. The van der Waals surface area contributed by atoms with E-state index in [2.05, 4.69) is 14.9 Å². The number of rotatable bonds is 8. The summed E-state index contributed by atoms with van der Waals surface area (Å²) in [5, 5.41) is 9.40. The molecule has 12 heteroatoms. The zero-order valence-corrected chi connectivity index (χ0v) is 22.8. The van der Waals surface area contributed by atoms with Crippen LogP contribution in [0.2, 0.25) is 5.02 Å². The van der Waals surface area contributed by atoms with E-state index < -0.39 is 29.0 Å². The van der Waals surface area contributed by atoms with Crippen LogP contribution in [0, 0.1) is 24.4 Å². The Kier molecular flexibility index (Phi) is 7.35. The van der Waals surface area contributed by atoms with Gasteiger partial charge in [-0.05, 0) is 55.7 Å². The van der Waals surface area contributed by atoms with E-state index in [1.807, 2.05) is 13.0 Å². The number of pyridine rings is 1. The predicted molar refractivity (Wildman–Crippen MR) is 143 cm³/mol. The largest absolute Gasteiger partial charge is 0.478 e. The Hall–Kier alpha value is -3.67. The molecule has 2 aliphatic heterocycles. The molecule has 41 heavy (non-hydrogen) atoms. The van der Waals surface area contributed by atoms with E-state index in [1.165, 1.54) is 12.1 Å². The van der Waals surface area contributed by atoms with Crippen molar-refractivity contribution in [2.45, 2.75) is 52.1 Å². The molecule has 8 nitrogen and oxygen atoms in total. The maximum absolute atomic E-state index is 15.3. The van der Waals surface area contributed by atoms with Gasteiger partial charge in [0.15, 0.2) is 5.82 Å². The molecule has 4 aromatic rings. The molecule has 214 valence electrons. The van der Waals surface area contributed by atoms with E-state index in [1.54, 1.807) is 4.57 Å². The van der Waals surface area contributed by atoms with Gasteiger partial charge in [-0.25, -0.2) is 27.9 Å². The van der Waals surface area contributed by atoms with Gasteiger partial charge < -0.3 is 19.1 Å². The van der Waals surface area contributed by atoms with Gasteiger partial charge in [0.25, 0.3) is 0 Å². The smallest absolute Gasteiger partial charge is 0.338 e. The lowest BCUT2D eigenvalue weighted by atomic mass is 10.0. The van der Waals surface area contributed by atoms with E-state index in [-0.39, 0.29) is 34.7 Å². The molecule has 1 N–H and O–H groups in total. The van der Waals surface area contributed by atoms with Crippen LogP contribution < -0.4 is 4.74 Å². The zero-order valence-electron chi connectivity index (χ0n) is 22.1. The van der Waals surface area contributed by atoms with Crippen LogP contribution in [0.25, 0.3) is 11.0 Å². The Balaban J connectivity index is 1.25. The summed E-state index contributed by atoms with van der Waals surface area (Å²) in [6.45, 7) is 3.99. The summed E-state index contributed by atoms with van der Waals surface area (Å²) in [5.41, 5.74) is 2.45. The number of hydrogen-bond donors (Lipinski definition) is 1. The SMILES string of the molecule is Cc1cc2c(nc1OCc1c(F)cc(Cl)cc1F)CN(Cc1nc3ccc(C(=O)O)c(F)c3n1C[C@@H]1CCO1)CC2. The summed E-state index contributed by atoms with van der Waals surface area (Å²) in [7, 11) is 0. The number of carboxylic acid groups (broad SMARTS) is 1. The first-order valence-electron chi connectivity index (χ1n) is 13.2. The molecule has 0 aliphatic carbocycles. The Bertz CT molecular complexity index is 1650. The molecule has 2 aromatic heterocycles.